The highest BCUT2D eigenvalue weighted by atomic mass is 32.1. The summed E-state index contributed by atoms with van der Waals surface area (Å²) in [6.07, 6.45) is 0. The normalized spacial score (nSPS) is 11.6. The third kappa shape index (κ3) is 5.46. The Bertz CT molecular complexity index is 3060. The summed E-state index contributed by atoms with van der Waals surface area (Å²) in [6.45, 7) is 0. The van der Waals surface area contributed by atoms with Crippen molar-refractivity contribution in [1.29, 1.82) is 0 Å². The van der Waals surface area contributed by atoms with E-state index in [0.29, 0.717) is 0 Å². The molecule has 11 rings (SSSR count). The standard InChI is InChI=1S/C54H35NS/c1-2-12-36(13-3-1)37-22-24-38(25-23-37)39-26-28-40(29-27-39)55(42-31-33-54-52(35-42)50-20-10-11-21-53(50)56-54)41-30-32-49-47-18-7-6-16-45(47)43-14-4-5-15-44(43)46-17-8-9-19-48(46)51(49)34-41/h1-35H. The van der Waals surface area contributed by atoms with Gasteiger partial charge in [0.15, 0.2) is 0 Å². The van der Waals surface area contributed by atoms with Crippen LogP contribution in [0.15, 0.2) is 212 Å². The Hall–Kier alpha value is -7.00. The smallest absolute Gasteiger partial charge is 0.0468 e. The summed E-state index contributed by atoms with van der Waals surface area (Å²) in [7, 11) is 0. The summed E-state index contributed by atoms with van der Waals surface area (Å²) < 4.78 is 2.61. The van der Waals surface area contributed by atoms with E-state index in [-0.39, 0.29) is 0 Å². The predicted octanol–water partition coefficient (Wildman–Crippen LogP) is 15.8. The number of hydrogen-bond donors (Lipinski definition) is 0. The van der Waals surface area contributed by atoms with Crippen LogP contribution in [0.25, 0.3) is 86.9 Å². The molecule has 1 heterocycles. The minimum Gasteiger partial charge on any atom is -0.310 e. The van der Waals surface area contributed by atoms with Gasteiger partial charge < -0.3 is 4.90 Å². The van der Waals surface area contributed by atoms with Crippen molar-refractivity contribution in [3.8, 4) is 66.8 Å². The van der Waals surface area contributed by atoms with E-state index >= 15 is 0 Å². The van der Waals surface area contributed by atoms with Crippen LogP contribution < -0.4 is 4.90 Å². The fraction of sp³-hybridized carbons (Fsp3) is 0. The number of benzene rings is 9. The van der Waals surface area contributed by atoms with Crippen molar-refractivity contribution in [3.05, 3.63) is 212 Å². The molecule has 0 saturated heterocycles. The first-order valence-corrected chi connectivity index (χ1v) is 20.0. The molecule has 0 saturated carbocycles. The summed E-state index contributed by atoms with van der Waals surface area (Å²) in [6, 6.07) is 77.9. The third-order valence-electron chi connectivity index (χ3n) is 11.3. The summed E-state index contributed by atoms with van der Waals surface area (Å²) in [5, 5.41) is 2.58. The first-order chi connectivity index (χ1) is 27.8. The van der Waals surface area contributed by atoms with Gasteiger partial charge in [-0.25, -0.2) is 0 Å². The second kappa shape index (κ2) is 13.4. The fourth-order valence-electron chi connectivity index (χ4n) is 8.58. The SMILES string of the molecule is c1ccc(-c2ccc(-c3ccc(N(c4ccc5c(c4)-c4ccccc4-c4ccccc4-c4ccccc4-5)c4ccc5sc6ccccc6c5c4)cc3)cc2)cc1. The Balaban J connectivity index is 1.09. The molecule has 0 radical (unpaired) electrons. The molecule has 0 N–H and O–H groups in total. The van der Waals surface area contributed by atoms with Crippen molar-refractivity contribution < 1.29 is 0 Å². The third-order valence-corrected chi connectivity index (χ3v) is 12.4. The molecular weight excluding hydrogens is 695 g/mol. The van der Waals surface area contributed by atoms with Crippen LogP contribution in [-0.4, -0.2) is 0 Å². The first-order valence-electron chi connectivity index (χ1n) is 19.2. The zero-order chi connectivity index (χ0) is 37.0. The lowest BCUT2D eigenvalue weighted by molar-refractivity contribution is 1.29. The van der Waals surface area contributed by atoms with Crippen LogP contribution in [0.4, 0.5) is 17.1 Å². The van der Waals surface area contributed by atoms with E-state index in [1.54, 1.807) is 0 Å². The maximum absolute atomic E-state index is 2.43. The second-order valence-corrected chi connectivity index (χ2v) is 15.6. The molecular formula is C54H35NS. The van der Waals surface area contributed by atoms with E-state index in [9.17, 15) is 0 Å². The summed E-state index contributed by atoms with van der Waals surface area (Å²) >= 11 is 1.86. The topological polar surface area (TPSA) is 3.24 Å². The molecule has 10 aromatic rings. The highest BCUT2D eigenvalue weighted by molar-refractivity contribution is 7.25. The zero-order valence-corrected chi connectivity index (χ0v) is 31.4. The lowest BCUT2D eigenvalue weighted by atomic mass is 9.81. The molecule has 56 heavy (non-hydrogen) atoms. The molecule has 262 valence electrons. The largest absolute Gasteiger partial charge is 0.310 e. The van der Waals surface area contributed by atoms with Crippen LogP contribution in [-0.2, 0) is 0 Å². The zero-order valence-electron chi connectivity index (χ0n) is 30.6. The maximum Gasteiger partial charge on any atom is 0.0468 e. The summed E-state index contributed by atoms with van der Waals surface area (Å²) in [5.41, 5.74) is 18.2. The minimum atomic E-state index is 1.11. The van der Waals surface area contributed by atoms with Gasteiger partial charge in [-0.2, -0.15) is 0 Å². The molecule has 1 aromatic heterocycles. The lowest BCUT2D eigenvalue weighted by Crippen LogP contribution is -2.10. The van der Waals surface area contributed by atoms with Crippen molar-refractivity contribution in [1.82, 2.24) is 0 Å². The van der Waals surface area contributed by atoms with Gasteiger partial charge in [-0.05, 0) is 115 Å². The van der Waals surface area contributed by atoms with Gasteiger partial charge in [-0.3, -0.25) is 0 Å². The van der Waals surface area contributed by atoms with E-state index in [0.717, 1.165) is 17.1 Å². The average molecular weight is 730 g/mol. The van der Waals surface area contributed by atoms with Gasteiger partial charge in [-0.1, -0.05) is 164 Å². The van der Waals surface area contributed by atoms with Crippen molar-refractivity contribution in [2.45, 2.75) is 0 Å². The molecule has 9 aromatic carbocycles. The molecule has 1 nitrogen and oxygen atoms in total. The van der Waals surface area contributed by atoms with Crippen LogP contribution in [0.5, 0.6) is 0 Å². The highest BCUT2D eigenvalue weighted by Crippen LogP contribution is 2.50. The van der Waals surface area contributed by atoms with Crippen molar-refractivity contribution in [2.24, 2.45) is 0 Å². The average Bonchev–Trinajstić information content (AvgIpc) is 3.65. The number of hydrogen-bond acceptors (Lipinski definition) is 2. The Morgan fingerprint density at radius 3 is 1.23 bits per heavy atom. The number of anilines is 3. The van der Waals surface area contributed by atoms with Crippen LogP contribution in [0, 0.1) is 0 Å². The van der Waals surface area contributed by atoms with Gasteiger partial charge in [0.1, 0.15) is 0 Å². The summed E-state index contributed by atoms with van der Waals surface area (Å²) in [5.74, 6) is 0. The van der Waals surface area contributed by atoms with Gasteiger partial charge >= 0.3 is 0 Å². The molecule has 0 atom stereocenters. The van der Waals surface area contributed by atoms with Crippen molar-refractivity contribution >= 4 is 48.6 Å². The monoisotopic (exact) mass is 729 g/mol. The van der Waals surface area contributed by atoms with Crippen LogP contribution in [0.1, 0.15) is 0 Å². The van der Waals surface area contributed by atoms with Gasteiger partial charge in [0.2, 0.25) is 0 Å². The highest BCUT2D eigenvalue weighted by Gasteiger charge is 2.23. The Morgan fingerprint density at radius 1 is 0.250 bits per heavy atom. The minimum absolute atomic E-state index is 1.11. The Labute approximate surface area is 331 Å². The van der Waals surface area contributed by atoms with Gasteiger partial charge in [-0.15, -0.1) is 11.3 Å². The van der Waals surface area contributed by atoms with E-state index in [1.807, 2.05) is 11.3 Å². The van der Waals surface area contributed by atoms with Gasteiger partial charge in [0.05, 0.1) is 0 Å². The molecule has 0 bridgehead atoms. The maximum atomic E-state index is 2.43. The molecule has 2 heteroatoms. The fourth-order valence-corrected chi connectivity index (χ4v) is 9.66. The van der Waals surface area contributed by atoms with Gasteiger partial charge in [0, 0.05) is 37.2 Å². The van der Waals surface area contributed by atoms with Crippen LogP contribution >= 0.6 is 11.3 Å². The number of nitrogens with zero attached hydrogens (tertiary/aromatic N) is 1. The lowest BCUT2D eigenvalue weighted by Gasteiger charge is -2.28. The predicted molar refractivity (Wildman–Crippen MR) is 240 cm³/mol. The molecule has 0 unspecified atom stereocenters. The molecule has 0 aliphatic heterocycles. The van der Waals surface area contributed by atoms with Crippen LogP contribution in [0.2, 0.25) is 0 Å². The van der Waals surface area contributed by atoms with E-state index < -0.39 is 0 Å². The van der Waals surface area contributed by atoms with E-state index in [2.05, 4.69) is 217 Å². The Morgan fingerprint density at radius 2 is 0.643 bits per heavy atom. The number of fused-ring (bicyclic) bond motifs is 11. The first kappa shape index (κ1) is 32.4. The number of thiophene rings is 1. The summed E-state index contributed by atoms with van der Waals surface area (Å²) in [4.78, 5) is 2.43. The van der Waals surface area contributed by atoms with E-state index in [4.69, 9.17) is 0 Å². The Kier molecular flexibility index (Phi) is 7.75. The number of rotatable bonds is 5. The van der Waals surface area contributed by atoms with E-state index in [1.165, 1.54) is 86.9 Å². The van der Waals surface area contributed by atoms with Crippen LogP contribution in [0.3, 0.4) is 0 Å². The molecule has 0 spiro atoms. The molecule has 0 fully saturated rings. The van der Waals surface area contributed by atoms with Gasteiger partial charge in [0.25, 0.3) is 0 Å². The molecule has 1 aliphatic rings. The second-order valence-electron chi connectivity index (χ2n) is 14.5. The van der Waals surface area contributed by atoms with Crippen molar-refractivity contribution in [2.75, 3.05) is 4.90 Å². The molecule has 0 amide bonds. The quantitative estimate of drug-likeness (QED) is 0.170. The van der Waals surface area contributed by atoms with Crippen molar-refractivity contribution in [3.63, 3.8) is 0 Å². The molecule has 1 aliphatic carbocycles.